The van der Waals surface area contributed by atoms with Gasteiger partial charge in [-0.05, 0) is 6.92 Å². The van der Waals surface area contributed by atoms with Gasteiger partial charge in [-0.3, -0.25) is 0 Å². The molecule has 0 radical (unpaired) electrons. The zero-order chi connectivity index (χ0) is 9.92. The van der Waals surface area contributed by atoms with E-state index in [2.05, 4.69) is 0 Å². The molecule has 14 heavy (non-hydrogen) atoms. The van der Waals surface area contributed by atoms with Crippen LogP contribution in [0.1, 0.15) is 19.8 Å². The molecule has 2 saturated heterocycles. The molecular formula is C9H12O5. The second-order valence-corrected chi connectivity index (χ2v) is 4.23. The van der Waals surface area contributed by atoms with Crippen LogP contribution < -0.4 is 0 Å². The Morgan fingerprint density at radius 2 is 2.07 bits per heavy atom. The average molecular weight is 200 g/mol. The van der Waals surface area contributed by atoms with Crippen LogP contribution >= 0.6 is 0 Å². The fraction of sp³-hybridized carbons (Fsp3) is 0.889. The summed E-state index contributed by atoms with van der Waals surface area (Å²) in [6, 6.07) is 0. The first-order valence-electron chi connectivity index (χ1n) is 4.83. The number of aliphatic hydroxyl groups is 1. The van der Waals surface area contributed by atoms with Crippen molar-refractivity contribution in [2.75, 3.05) is 0 Å². The number of hydrogen-bond acceptors (Lipinski definition) is 5. The van der Waals surface area contributed by atoms with Crippen molar-refractivity contribution in [2.45, 2.75) is 50.0 Å². The van der Waals surface area contributed by atoms with Crippen LogP contribution in [-0.4, -0.2) is 41.3 Å². The van der Waals surface area contributed by atoms with E-state index in [0.717, 1.165) is 0 Å². The standard InChI is InChI=1S/C9H12O5/c1-4-12-5-2-9(11)3-6(7(5)13-4)14-8(9)10/h4-7,11H,2-3H2,1H3/t4?,5-,6-,7?,9+/m1/s1. The van der Waals surface area contributed by atoms with E-state index in [1.54, 1.807) is 6.92 Å². The second kappa shape index (κ2) is 2.48. The molecule has 3 rings (SSSR count). The van der Waals surface area contributed by atoms with Gasteiger partial charge in [0.05, 0.1) is 6.10 Å². The minimum atomic E-state index is -1.33. The van der Waals surface area contributed by atoms with Crippen molar-refractivity contribution in [3.63, 3.8) is 0 Å². The Bertz CT molecular complexity index is 291. The van der Waals surface area contributed by atoms with Crippen molar-refractivity contribution in [1.82, 2.24) is 0 Å². The molecule has 3 aliphatic rings. The Morgan fingerprint density at radius 3 is 2.86 bits per heavy atom. The summed E-state index contributed by atoms with van der Waals surface area (Å²) < 4.78 is 16.0. The van der Waals surface area contributed by atoms with Crippen LogP contribution in [-0.2, 0) is 19.0 Å². The minimum Gasteiger partial charge on any atom is -0.457 e. The first-order chi connectivity index (χ1) is 6.58. The topological polar surface area (TPSA) is 65.0 Å². The molecule has 0 spiro atoms. The Balaban J connectivity index is 1.90. The summed E-state index contributed by atoms with van der Waals surface area (Å²) in [6.45, 7) is 1.80. The van der Waals surface area contributed by atoms with E-state index >= 15 is 0 Å². The highest BCUT2D eigenvalue weighted by molar-refractivity contribution is 5.82. The maximum absolute atomic E-state index is 11.3. The average Bonchev–Trinajstić information content (AvgIpc) is 2.54. The molecule has 0 aromatic heterocycles. The predicted molar refractivity (Wildman–Crippen MR) is 43.3 cm³/mol. The molecule has 3 fully saturated rings. The van der Waals surface area contributed by atoms with Gasteiger partial charge in [0.15, 0.2) is 11.9 Å². The Kier molecular flexibility index (Phi) is 1.53. The Hall–Kier alpha value is -0.650. The largest absolute Gasteiger partial charge is 0.457 e. The van der Waals surface area contributed by atoms with Crippen molar-refractivity contribution in [1.29, 1.82) is 0 Å². The lowest BCUT2D eigenvalue weighted by molar-refractivity contribution is -0.157. The van der Waals surface area contributed by atoms with Gasteiger partial charge < -0.3 is 19.3 Å². The van der Waals surface area contributed by atoms with Crippen molar-refractivity contribution >= 4 is 5.97 Å². The smallest absolute Gasteiger partial charge is 0.338 e. The van der Waals surface area contributed by atoms with E-state index in [9.17, 15) is 9.90 Å². The highest BCUT2D eigenvalue weighted by atomic mass is 16.7. The van der Waals surface area contributed by atoms with Crippen molar-refractivity contribution in [2.24, 2.45) is 0 Å². The number of rotatable bonds is 0. The van der Waals surface area contributed by atoms with E-state index in [1.807, 2.05) is 0 Å². The van der Waals surface area contributed by atoms with Gasteiger partial charge in [-0.15, -0.1) is 0 Å². The van der Waals surface area contributed by atoms with Gasteiger partial charge >= 0.3 is 5.97 Å². The van der Waals surface area contributed by atoms with E-state index in [1.165, 1.54) is 0 Å². The number of esters is 1. The van der Waals surface area contributed by atoms with Crippen LogP contribution in [0.5, 0.6) is 0 Å². The molecule has 0 aromatic rings. The molecule has 2 unspecified atom stereocenters. The van der Waals surface area contributed by atoms with Crippen LogP contribution in [0.4, 0.5) is 0 Å². The first-order valence-corrected chi connectivity index (χ1v) is 4.83. The van der Waals surface area contributed by atoms with E-state index in [-0.39, 0.29) is 31.0 Å². The third kappa shape index (κ3) is 0.973. The fourth-order valence-electron chi connectivity index (χ4n) is 2.54. The summed E-state index contributed by atoms with van der Waals surface area (Å²) >= 11 is 0. The van der Waals surface area contributed by atoms with Crippen molar-refractivity contribution in [3.8, 4) is 0 Å². The highest BCUT2D eigenvalue weighted by Crippen LogP contribution is 2.43. The quantitative estimate of drug-likeness (QED) is 0.537. The maximum atomic E-state index is 11.3. The molecule has 5 atom stereocenters. The fourth-order valence-corrected chi connectivity index (χ4v) is 2.54. The van der Waals surface area contributed by atoms with Crippen LogP contribution in [0.15, 0.2) is 0 Å². The second-order valence-electron chi connectivity index (χ2n) is 4.23. The molecule has 5 nitrogen and oxygen atoms in total. The number of carbonyl (C=O) groups is 1. The summed E-state index contributed by atoms with van der Waals surface area (Å²) in [6.07, 6.45) is -0.389. The molecule has 1 saturated carbocycles. The molecule has 2 heterocycles. The number of ether oxygens (including phenoxy) is 3. The van der Waals surface area contributed by atoms with E-state index < -0.39 is 11.6 Å². The lowest BCUT2D eigenvalue weighted by Crippen LogP contribution is -2.47. The molecule has 2 aliphatic heterocycles. The van der Waals surface area contributed by atoms with Gasteiger partial charge in [0.2, 0.25) is 0 Å². The van der Waals surface area contributed by atoms with Gasteiger partial charge in [0, 0.05) is 12.8 Å². The Labute approximate surface area is 80.9 Å². The number of carbonyl (C=O) groups excluding carboxylic acids is 1. The number of hydrogen-bond donors (Lipinski definition) is 1. The maximum Gasteiger partial charge on any atom is 0.338 e. The minimum absolute atomic E-state index is 0.197. The summed E-state index contributed by atoms with van der Waals surface area (Å²) in [7, 11) is 0. The lowest BCUT2D eigenvalue weighted by atomic mass is 9.82. The molecule has 5 heteroatoms. The van der Waals surface area contributed by atoms with E-state index in [0.29, 0.717) is 6.42 Å². The zero-order valence-electron chi connectivity index (χ0n) is 7.80. The molecule has 2 bridgehead atoms. The summed E-state index contributed by atoms with van der Waals surface area (Å²) in [4.78, 5) is 11.3. The Morgan fingerprint density at radius 1 is 1.36 bits per heavy atom. The predicted octanol–water partition coefficient (Wildman–Crippen LogP) is -0.433. The molecule has 78 valence electrons. The molecule has 1 N–H and O–H groups in total. The lowest BCUT2D eigenvalue weighted by Gasteiger charge is -2.29. The summed E-state index contributed by atoms with van der Waals surface area (Å²) in [5, 5.41) is 9.91. The van der Waals surface area contributed by atoms with Gasteiger partial charge in [0.25, 0.3) is 0 Å². The van der Waals surface area contributed by atoms with Gasteiger partial charge in [0.1, 0.15) is 12.2 Å². The molecule has 0 aromatic carbocycles. The van der Waals surface area contributed by atoms with Gasteiger partial charge in [-0.1, -0.05) is 0 Å². The normalized spacial score (nSPS) is 55.7. The van der Waals surface area contributed by atoms with Crippen LogP contribution in [0.25, 0.3) is 0 Å². The van der Waals surface area contributed by atoms with Gasteiger partial charge in [-0.2, -0.15) is 0 Å². The molecule has 0 amide bonds. The SMILES string of the molecule is CC1OC2[C@H]3C[C@@](O)(C[C@H]2O1)C(=O)O3. The van der Waals surface area contributed by atoms with Crippen LogP contribution in [0.3, 0.4) is 0 Å². The first kappa shape index (κ1) is 8.64. The summed E-state index contributed by atoms with van der Waals surface area (Å²) in [5.41, 5.74) is -1.33. The third-order valence-electron chi connectivity index (χ3n) is 3.16. The molecule has 1 aliphatic carbocycles. The third-order valence-corrected chi connectivity index (χ3v) is 3.16. The summed E-state index contributed by atoms with van der Waals surface area (Å²) in [5.74, 6) is -0.531. The monoisotopic (exact) mass is 200 g/mol. The van der Waals surface area contributed by atoms with Crippen LogP contribution in [0.2, 0.25) is 0 Å². The number of fused-ring (bicyclic) bond motifs is 4. The highest BCUT2D eigenvalue weighted by Gasteiger charge is 2.60. The van der Waals surface area contributed by atoms with Gasteiger partial charge in [-0.25, -0.2) is 4.79 Å². The van der Waals surface area contributed by atoms with E-state index in [4.69, 9.17) is 14.2 Å². The zero-order valence-corrected chi connectivity index (χ0v) is 7.80. The van der Waals surface area contributed by atoms with Crippen molar-refractivity contribution < 1.29 is 24.1 Å². The molecular weight excluding hydrogens is 188 g/mol. The van der Waals surface area contributed by atoms with Crippen molar-refractivity contribution in [3.05, 3.63) is 0 Å². The van der Waals surface area contributed by atoms with Crippen LogP contribution in [0, 0.1) is 0 Å².